The first-order valence-electron chi connectivity index (χ1n) is 16.3. The summed E-state index contributed by atoms with van der Waals surface area (Å²) in [6.07, 6.45) is 6.13. The Hall–Kier alpha value is -5.45. The first-order valence-corrected chi connectivity index (χ1v) is 17.1. The van der Waals surface area contributed by atoms with E-state index >= 15 is 0 Å². The van der Waals surface area contributed by atoms with Crippen molar-refractivity contribution in [2.45, 2.75) is 33.0 Å². The molecule has 2 aromatic heterocycles. The number of hydrogen-bond donors (Lipinski definition) is 1. The quantitative estimate of drug-likeness (QED) is 0.134. The molecular formula is C39H35Cl2N5O5. The second-order valence-corrected chi connectivity index (χ2v) is 12.7. The van der Waals surface area contributed by atoms with E-state index in [2.05, 4.69) is 10.3 Å². The zero-order chi connectivity index (χ0) is 35.9. The summed E-state index contributed by atoms with van der Waals surface area (Å²) in [6, 6.07) is 23.8. The third-order valence-electron chi connectivity index (χ3n) is 8.39. The van der Waals surface area contributed by atoms with Gasteiger partial charge in [-0.2, -0.15) is 0 Å². The summed E-state index contributed by atoms with van der Waals surface area (Å²) in [5, 5.41) is 4.00. The fourth-order valence-corrected chi connectivity index (χ4v) is 6.25. The van der Waals surface area contributed by atoms with E-state index in [0.29, 0.717) is 52.9 Å². The first kappa shape index (κ1) is 35.4. The number of pyridine rings is 2. The highest BCUT2D eigenvalue weighted by molar-refractivity contribution is 6.38. The van der Waals surface area contributed by atoms with Crippen LogP contribution in [0.4, 0.5) is 11.4 Å². The van der Waals surface area contributed by atoms with Gasteiger partial charge < -0.3 is 24.6 Å². The minimum Gasteiger partial charge on any atom is -0.487 e. The van der Waals surface area contributed by atoms with E-state index in [0.717, 1.165) is 34.4 Å². The van der Waals surface area contributed by atoms with Gasteiger partial charge >= 0.3 is 0 Å². The van der Waals surface area contributed by atoms with Gasteiger partial charge in [0, 0.05) is 65.7 Å². The number of rotatable bonds is 12. The average molecular weight is 725 g/mol. The van der Waals surface area contributed by atoms with E-state index < -0.39 is 5.91 Å². The Labute approximate surface area is 305 Å². The topological polar surface area (TPSA) is 114 Å². The Morgan fingerprint density at radius 1 is 0.980 bits per heavy atom. The monoisotopic (exact) mass is 723 g/mol. The van der Waals surface area contributed by atoms with Crippen LogP contribution in [0.3, 0.4) is 0 Å². The summed E-state index contributed by atoms with van der Waals surface area (Å²) in [7, 11) is 1.57. The summed E-state index contributed by atoms with van der Waals surface area (Å²) in [6.45, 7) is 2.64. The molecule has 51 heavy (non-hydrogen) atoms. The van der Waals surface area contributed by atoms with Crippen molar-refractivity contribution in [2.75, 3.05) is 29.9 Å². The minimum atomic E-state index is -0.434. The highest BCUT2D eigenvalue weighted by atomic mass is 35.5. The Kier molecular flexibility index (Phi) is 11.1. The lowest BCUT2D eigenvalue weighted by Gasteiger charge is -2.21. The van der Waals surface area contributed by atoms with E-state index in [1.54, 1.807) is 36.4 Å². The zero-order valence-electron chi connectivity index (χ0n) is 28.1. The van der Waals surface area contributed by atoms with Gasteiger partial charge in [0.25, 0.3) is 0 Å². The molecule has 1 aliphatic rings. The maximum atomic E-state index is 13.1. The third-order valence-corrected chi connectivity index (χ3v) is 9.16. The molecule has 6 rings (SSSR count). The van der Waals surface area contributed by atoms with Gasteiger partial charge in [0.2, 0.25) is 17.7 Å². The second-order valence-electron chi connectivity index (χ2n) is 11.9. The number of likely N-dealkylation sites (N-methyl/N-ethyl adjacent to an activating group) is 1. The number of nitrogens with one attached hydrogen (secondary N) is 1. The van der Waals surface area contributed by atoms with Gasteiger partial charge in [-0.25, -0.2) is 4.98 Å². The fourth-order valence-electron chi connectivity index (χ4n) is 5.64. The molecule has 3 amide bonds. The largest absolute Gasteiger partial charge is 0.487 e. The minimum absolute atomic E-state index is 0.00322. The lowest BCUT2D eigenvalue weighted by molar-refractivity contribution is -0.122. The summed E-state index contributed by atoms with van der Waals surface area (Å²) < 4.78 is 12.3. The molecule has 0 spiro atoms. The fraction of sp³-hybridized carbons (Fsp3) is 0.205. The number of nitrogens with zero attached hydrogens (tertiary/aromatic N) is 4. The molecule has 0 saturated carbocycles. The SMILES string of the molecule is Cc1cc(OCc2ccccn2)c2cccc(OCc3c(Cl)ccc(N(C)C(=O)CNC(=O)C=Cc4ccc(N5CCCC5=O)cc4)c3Cl)c2n1. The number of halogens is 2. The van der Waals surface area contributed by atoms with Crippen LogP contribution in [0.15, 0.2) is 91.1 Å². The molecule has 1 aliphatic heterocycles. The van der Waals surface area contributed by atoms with Crippen molar-refractivity contribution in [1.29, 1.82) is 0 Å². The van der Waals surface area contributed by atoms with Gasteiger partial charge in [-0.1, -0.05) is 47.5 Å². The van der Waals surface area contributed by atoms with Crippen molar-refractivity contribution in [2.24, 2.45) is 0 Å². The van der Waals surface area contributed by atoms with Crippen LogP contribution in [0, 0.1) is 6.92 Å². The standard InChI is InChI=1S/C39H35Cl2N5O5/c1-25-21-34(50-23-27-7-3-4-19-42-27)29-8-5-9-33(39(29)44-25)51-24-30-31(40)16-17-32(38(30)41)45(2)37(49)22-43-35(47)18-13-26-11-14-28(15-12-26)46-20-6-10-36(46)48/h3-5,7-9,11-19,21H,6,10,20,22-24H2,1-2H3,(H,43,47). The summed E-state index contributed by atoms with van der Waals surface area (Å²) in [4.78, 5) is 49.8. The van der Waals surface area contributed by atoms with Crippen LogP contribution in [0.5, 0.6) is 11.5 Å². The predicted molar refractivity (Wildman–Crippen MR) is 199 cm³/mol. The van der Waals surface area contributed by atoms with Gasteiger partial charge in [0.15, 0.2) is 0 Å². The highest BCUT2D eigenvalue weighted by Crippen LogP contribution is 2.37. The van der Waals surface area contributed by atoms with Crippen molar-refractivity contribution >= 4 is 69.3 Å². The lowest BCUT2D eigenvalue weighted by Crippen LogP contribution is -2.37. The number of hydrogen-bond acceptors (Lipinski definition) is 7. The molecule has 0 atom stereocenters. The van der Waals surface area contributed by atoms with Crippen molar-refractivity contribution in [3.63, 3.8) is 0 Å². The van der Waals surface area contributed by atoms with Crippen LogP contribution in [-0.4, -0.2) is 47.8 Å². The van der Waals surface area contributed by atoms with Crippen LogP contribution < -0.4 is 24.6 Å². The van der Waals surface area contributed by atoms with Crippen LogP contribution in [0.1, 0.15) is 35.4 Å². The van der Waals surface area contributed by atoms with Crippen molar-refractivity contribution in [3.8, 4) is 11.5 Å². The number of carbonyl (C=O) groups excluding carboxylic acids is 3. The van der Waals surface area contributed by atoms with E-state index in [1.165, 1.54) is 11.0 Å². The second kappa shape index (κ2) is 16.1. The molecule has 1 saturated heterocycles. The van der Waals surface area contributed by atoms with Crippen LogP contribution in [0.25, 0.3) is 17.0 Å². The number of benzene rings is 3. The third kappa shape index (κ3) is 8.48. The molecule has 5 aromatic rings. The average Bonchev–Trinajstić information content (AvgIpc) is 3.57. The Morgan fingerprint density at radius 2 is 1.78 bits per heavy atom. The number of fused-ring (bicyclic) bond motifs is 1. The molecule has 1 N–H and O–H groups in total. The number of carbonyl (C=O) groups is 3. The molecule has 3 heterocycles. The van der Waals surface area contributed by atoms with E-state index in [1.807, 2.05) is 73.7 Å². The molecule has 0 bridgehead atoms. The van der Waals surface area contributed by atoms with Gasteiger partial charge in [-0.05, 0) is 73.5 Å². The molecule has 0 radical (unpaired) electrons. The van der Waals surface area contributed by atoms with E-state index in [-0.39, 0.29) is 30.0 Å². The molecule has 260 valence electrons. The maximum Gasteiger partial charge on any atom is 0.246 e. The number of aromatic nitrogens is 2. The van der Waals surface area contributed by atoms with Gasteiger partial charge in [0.1, 0.15) is 30.2 Å². The van der Waals surface area contributed by atoms with Gasteiger partial charge in [-0.15, -0.1) is 0 Å². The van der Waals surface area contributed by atoms with Gasteiger partial charge in [0.05, 0.1) is 22.9 Å². The summed E-state index contributed by atoms with van der Waals surface area (Å²) in [5.74, 6) is 0.452. The van der Waals surface area contributed by atoms with Crippen LogP contribution >= 0.6 is 23.2 Å². The maximum absolute atomic E-state index is 13.1. The smallest absolute Gasteiger partial charge is 0.246 e. The number of amides is 3. The normalized spacial score (nSPS) is 12.8. The van der Waals surface area contributed by atoms with Crippen LogP contribution in [-0.2, 0) is 27.6 Å². The Morgan fingerprint density at radius 3 is 2.53 bits per heavy atom. The van der Waals surface area contributed by atoms with Crippen LogP contribution in [0.2, 0.25) is 10.0 Å². The van der Waals surface area contributed by atoms with Crippen molar-refractivity contribution < 1.29 is 23.9 Å². The molecule has 12 heteroatoms. The summed E-state index contributed by atoms with van der Waals surface area (Å²) in [5.41, 5.74) is 4.68. The van der Waals surface area contributed by atoms with E-state index in [9.17, 15) is 14.4 Å². The molecular weight excluding hydrogens is 689 g/mol. The first-order chi connectivity index (χ1) is 24.7. The highest BCUT2D eigenvalue weighted by Gasteiger charge is 2.22. The molecule has 10 nitrogen and oxygen atoms in total. The number of aryl methyl sites for hydroxylation is 1. The number of para-hydroxylation sites is 1. The Bertz CT molecular complexity index is 2110. The molecule has 1 fully saturated rings. The molecule has 3 aromatic carbocycles. The molecule has 0 unspecified atom stereocenters. The zero-order valence-corrected chi connectivity index (χ0v) is 29.6. The van der Waals surface area contributed by atoms with E-state index in [4.69, 9.17) is 37.7 Å². The van der Waals surface area contributed by atoms with Crippen molar-refractivity contribution in [3.05, 3.63) is 124 Å². The Balaban J connectivity index is 1.08. The lowest BCUT2D eigenvalue weighted by atomic mass is 10.1. The van der Waals surface area contributed by atoms with Crippen molar-refractivity contribution in [1.82, 2.24) is 15.3 Å². The van der Waals surface area contributed by atoms with Gasteiger partial charge in [-0.3, -0.25) is 19.4 Å². The predicted octanol–water partition coefficient (Wildman–Crippen LogP) is 7.32. The molecule has 0 aliphatic carbocycles. The number of anilines is 2. The number of ether oxygens (including phenoxy) is 2. The summed E-state index contributed by atoms with van der Waals surface area (Å²) >= 11 is 13.4.